The zero-order valence-corrected chi connectivity index (χ0v) is 10.0. The molecule has 0 bridgehead atoms. The molecule has 0 radical (unpaired) electrons. The van der Waals surface area contributed by atoms with Crippen LogP contribution in [0.2, 0.25) is 0 Å². The number of urea groups is 1. The molecule has 0 aliphatic rings. The average molecular weight is 248 g/mol. The van der Waals surface area contributed by atoms with Crippen LogP contribution in [0, 0.1) is 0 Å². The van der Waals surface area contributed by atoms with E-state index < -0.39 is 0 Å². The molecular formula is C11H12N4OS. The van der Waals surface area contributed by atoms with Gasteiger partial charge in [0.25, 0.3) is 0 Å². The van der Waals surface area contributed by atoms with Gasteiger partial charge < -0.3 is 10.3 Å². The van der Waals surface area contributed by atoms with Crippen LogP contribution >= 0.6 is 11.9 Å². The first-order valence-electron chi connectivity index (χ1n) is 5.03. The van der Waals surface area contributed by atoms with E-state index in [1.165, 1.54) is 11.9 Å². The molecule has 2 aromatic rings. The molecule has 2 amide bonds. The lowest BCUT2D eigenvalue weighted by Crippen LogP contribution is -2.27. The van der Waals surface area contributed by atoms with Crippen molar-refractivity contribution in [3.63, 3.8) is 0 Å². The molecule has 0 aliphatic heterocycles. The minimum Gasteiger partial charge on any atom is -0.345 e. The summed E-state index contributed by atoms with van der Waals surface area (Å²) in [5, 5.41) is 2.48. The number of nitrogens with zero attached hydrogens (tertiary/aromatic N) is 1. The molecule has 1 heterocycles. The van der Waals surface area contributed by atoms with E-state index in [9.17, 15) is 4.79 Å². The lowest BCUT2D eigenvalue weighted by atomic mass is 10.2. The summed E-state index contributed by atoms with van der Waals surface area (Å²) >= 11 is 1.27. The van der Waals surface area contributed by atoms with Gasteiger partial charge >= 0.3 is 6.03 Å². The summed E-state index contributed by atoms with van der Waals surface area (Å²) in [4.78, 5) is 19.0. The molecule has 0 atom stereocenters. The Hall–Kier alpha value is -1.95. The molecule has 1 aromatic carbocycles. The van der Waals surface area contributed by atoms with E-state index in [1.807, 2.05) is 24.3 Å². The molecule has 0 saturated heterocycles. The fourth-order valence-corrected chi connectivity index (χ4v) is 1.86. The summed E-state index contributed by atoms with van der Waals surface area (Å²) in [6, 6.07) is 7.61. The Morgan fingerprint density at radius 2 is 2.12 bits per heavy atom. The van der Waals surface area contributed by atoms with E-state index in [4.69, 9.17) is 0 Å². The summed E-state index contributed by atoms with van der Waals surface area (Å²) in [6.07, 6.45) is 3.41. The second kappa shape index (κ2) is 5.40. The Morgan fingerprint density at radius 1 is 1.35 bits per heavy atom. The van der Waals surface area contributed by atoms with Gasteiger partial charge in [0.15, 0.2) is 0 Å². The highest BCUT2D eigenvalue weighted by Crippen LogP contribution is 2.20. The fourth-order valence-electron chi connectivity index (χ4n) is 1.27. The first-order chi connectivity index (χ1) is 8.29. The lowest BCUT2D eigenvalue weighted by Gasteiger charge is -2.04. The minimum atomic E-state index is -0.215. The minimum absolute atomic E-state index is 0.215. The molecule has 5 nitrogen and oxygen atoms in total. The number of nitrogens with one attached hydrogen (secondary N) is 3. The van der Waals surface area contributed by atoms with Gasteiger partial charge in [-0.2, -0.15) is 0 Å². The van der Waals surface area contributed by atoms with Crippen molar-refractivity contribution in [2.24, 2.45) is 0 Å². The van der Waals surface area contributed by atoms with Crippen LogP contribution in [0.15, 0.2) is 41.7 Å². The molecule has 0 aliphatic carbocycles. The number of hydrogen-bond acceptors (Lipinski definition) is 3. The molecule has 0 spiro atoms. The number of carbonyl (C=O) groups is 1. The van der Waals surface area contributed by atoms with Crippen LogP contribution in [0.4, 0.5) is 4.79 Å². The Morgan fingerprint density at radius 3 is 2.71 bits per heavy atom. The SMILES string of the molecule is CNC(=O)NSc1ccc(-c2cnc[nH]2)cc1. The highest BCUT2D eigenvalue weighted by molar-refractivity contribution is 7.98. The first kappa shape index (κ1) is 11.5. The normalized spacial score (nSPS) is 9.94. The largest absolute Gasteiger partial charge is 0.345 e. The number of imidazole rings is 1. The zero-order chi connectivity index (χ0) is 12.1. The average Bonchev–Trinajstić information content (AvgIpc) is 2.90. The van der Waals surface area contributed by atoms with E-state index in [1.54, 1.807) is 19.6 Å². The van der Waals surface area contributed by atoms with Crippen LogP contribution in [0.5, 0.6) is 0 Å². The van der Waals surface area contributed by atoms with Gasteiger partial charge in [-0.05, 0) is 29.6 Å². The summed E-state index contributed by atoms with van der Waals surface area (Å²) in [5.74, 6) is 0. The molecule has 3 N–H and O–H groups in total. The van der Waals surface area contributed by atoms with E-state index in [-0.39, 0.29) is 6.03 Å². The fraction of sp³-hybridized carbons (Fsp3) is 0.0909. The Balaban J connectivity index is 2.01. The summed E-state index contributed by atoms with van der Waals surface area (Å²) in [7, 11) is 1.58. The van der Waals surface area contributed by atoms with Crippen molar-refractivity contribution >= 4 is 18.0 Å². The monoisotopic (exact) mass is 248 g/mol. The number of carbonyl (C=O) groups excluding carboxylic acids is 1. The van der Waals surface area contributed by atoms with E-state index in [0.717, 1.165) is 16.2 Å². The van der Waals surface area contributed by atoms with Gasteiger partial charge in [-0.3, -0.25) is 4.72 Å². The highest BCUT2D eigenvalue weighted by Gasteiger charge is 2.01. The van der Waals surface area contributed by atoms with Crippen LogP contribution < -0.4 is 10.0 Å². The van der Waals surface area contributed by atoms with E-state index in [2.05, 4.69) is 20.0 Å². The van der Waals surface area contributed by atoms with E-state index >= 15 is 0 Å². The van der Waals surface area contributed by atoms with Crippen molar-refractivity contribution in [1.82, 2.24) is 20.0 Å². The van der Waals surface area contributed by atoms with E-state index in [0.29, 0.717) is 0 Å². The third kappa shape index (κ3) is 3.01. The predicted molar refractivity (Wildman–Crippen MR) is 67.5 cm³/mol. The van der Waals surface area contributed by atoms with Crippen molar-refractivity contribution < 1.29 is 4.79 Å². The number of rotatable bonds is 3. The topological polar surface area (TPSA) is 69.8 Å². The van der Waals surface area contributed by atoms with Crippen LogP contribution in [0.25, 0.3) is 11.3 Å². The molecule has 0 saturated carbocycles. The molecule has 88 valence electrons. The molecule has 6 heteroatoms. The van der Waals surface area contributed by atoms with Gasteiger partial charge in [-0.15, -0.1) is 0 Å². The maximum absolute atomic E-state index is 11.0. The van der Waals surface area contributed by atoms with Crippen LogP contribution in [-0.4, -0.2) is 23.0 Å². The summed E-state index contributed by atoms with van der Waals surface area (Å²) in [5.41, 5.74) is 2.03. The zero-order valence-electron chi connectivity index (χ0n) is 9.23. The maximum Gasteiger partial charge on any atom is 0.324 e. The number of aromatic amines is 1. The molecule has 2 rings (SSSR count). The third-order valence-electron chi connectivity index (χ3n) is 2.15. The highest BCUT2D eigenvalue weighted by atomic mass is 32.2. The van der Waals surface area contributed by atoms with Crippen molar-refractivity contribution in [3.8, 4) is 11.3 Å². The quantitative estimate of drug-likeness (QED) is 0.728. The van der Waals surface area contributed by atoms with Crippen LogP contribution in [0.1, 0.15) is 0 Å². The predicted octanol–water partition coefficient (Wildman–Crippen LogP) is 2.01. The molecule has 0 unspecified atom stereocenters. The second-order valence-corrected chi connectivity index (χ2v) is 4.15. The van der Waals surface area contributed by atoms with Crippen molar-refractivity contribution in [2.75, 3.05) is 7.05 Å². The van der Waals surface area contributed by atoms with Gasteiger partial charge in [-0.25, -0.2) is 9.78 Å². The van der Waals surface area contributed by atoms with Gasteiger partial charge in [0, 0.05) is 11.9 Å². The van der Waals surface area contributed by atoms with Crippen LogP contribution in [0.3, 0.4) is 0 Å². The third-order valence-corrected chi connectivity index (χ3v) is 2.95. The Labute approximate surface area is 103 Å². The van der Waals surface area contributed by atoms with Crippen molar-refractivity contribution in [1.29, 1.82) is 0 Å². The van der Waals surface area contributed by atoms with Gasteiger partial charge in [-0.1, -0.05) is 12.1 Å². The van der Waals surface area contributed by atoms with Crippen LogP contribution in [-0.2, 0) is 0 Å². The number of H-pyrrole nitrogens is 1. The molecule has 1 aromatic heterocycles. The summed E-state index contributed by atoms with van der Waals surface area (Å²) in [6.45, 7) is 0. The number of amides is 2. The van der Waals surface area contributed by atoms with Gasteiger partial charge in [0.1, 0.15) is 0 Å². The number of aromatic nitrogens is 2. The first-order valence-corrected chi connectivity index (χ1v) is 5.84. The molecular weight excluding hydrogens is 236 g/mol. The summed E-state index contributed by atoms with van der Waals surface area (Å²) < 4.78 is 2.65. The smallest absolute Gasteiger partial charge is 0.324 e. The van der Waals surface area contributed by atoms with Crippen molar-refractivity contribution in [3.05, 3.63) is 36.8 Å². The second-order valence-electron chi connectivity index (χ2n) is 3.27. The maximum atomic E-state index is 11.0. The molecule has 17 heavy (non-hydrogen) atoms. The number of hydrogen-bond donors (Lipinski definition) is 3. The number of benzene rings is 1. The Bertz CT molecular complexity index is 481. The standard InChI is InChI=1S/C11H12N4OS/c1-12-11(16)15-17-9-4-2-8(3-5-9)10-6-13-7-14-10/h2-7H,1H3,(H,13,14)(H2,12,15,16). The van der Waals surface area contributed by atoms with Gasteiger partial charge in [0.2, 0.25) is 0 Å². The molecule has 0 fully saturated rings. The Kier molecular flexibility index (Phi) is 3.66. The van der Waals surface area contributed by atoms with Crippen molar-refractivity contribution in [2.45, 2.75) is 4.90 Å². The lowest BCUT2D eigenvalue weighted by molar-refractivity contribution is 0.248. The van der Waals surface area contributed by atoms with Gasteiger partial charge in [0.05, 0.1) is 18.2 Å².